The highest BCUT2D eigenvalue weighted by atomic mass is 31.2. The van der Waals surface area contributed by atoms with Gasteiger partial charge >= 0.3 is 15.2 Å². The second-order valence-electron chi connectivity index (χ2n) is 4.68. The van der Waals surface area contributed by atoms with E-state index in [2.05, 4.69) is 0 Å². The zero-order valence-electron chi connectivity index (χ0n) is 11.7. The molecule has 0 rings (SSSR count). The van der Waals surface area contributed by atoms with Crippen LogP contribution < -0.4 is 0 Å². The predicted molar refractivity (Wildman–Crippen MR) is 71.7 cm³/mol. The highest BCUT2D eigenvalue weighted by molar-refractivity contribution is 7.56. The van der Waals surface area contributed by atoms with E-state index < -0.39 is 32.3 Å². The van der Waals surface area contributed by atoms with E-state index in [1.54, 1.807) is 6.92 Å². The van der Waals surface area contributed by atoms with Crippen molar-refractivity contribution in [3.63, 3.8) is 0 Å². The Morgan fingerprint density at radius 3 is 1.79 bits per heavy atom. The summed E-state index contributed by atoms with van der Waals surface area (Å²) in [6, 6.07) is 0. The lowest BCUT2D eigenvalue weighted by Crippen LogP contribution is -2.31. The smallest absolute Gasteiger partial charge is 0.360 e. The first-order valence-electron chi connectivity index (χ1n) is 6.24. The van der Waals surface area contributed by atoms with Gasteiger partial charge < -0.3 is 19.8 Å². The van der Waals surface area contributed by atoms with Crippen molar-refractivity contribution >= 4 is 15.2 Å². The van der Waals surface area contributed by atoms with Gasteiger partial charge in [-0.1, -0.05) is 34.1 Å². The molecule has 0 saturated carbocycles. The average molecular weight is 318 g/mol. The van der Waals surface area contributed by atoms with E-state index in [9.17, 15) is 28.9 Å². The zero-order chi connectivity index (χ0) is 15.5. The van der Waals surface area contributed by atoms with Crippen molar-refractivity contribution in [2.45, 2.75) is 58.1 Å². The molecule has 0 bridgehead atoms. The molecule has 0 aromatic carbocycles. The third-order valence-corrected chi connectivity index (χ3v) is 7.01. The molecule has 116 valence electrons. The van der Waals surface area contributed by atoms with Gasteiger partial charge in [0.15, 0.2) is 11.2 Å². The molecule has 0 heterocycles. The van der Waals surface area contributed by atoms with Gasteiger partial charge in [0.25, 0.3) is 0 Å². The third kappa shape index (κ3) is 4.64. The van der Waals surface area contributed by atoms with Crippen molar-refractivity contribution in [2.24, 2.45) is 5.92 Å². The van der Waals surface area contributed by atoms with E-state index in [-0.39, 0.29) is 12.8 Å². The molecular weight excluding hydrogens is 294 g/mol. The number of hydrogen-bond donors (Lipinski definition) is 4. The van der Waals surface area contributed by atoms with E-state index in [1.165, 1.54) is 20.8 Å². The largest absolute Gasteiger partial charge is 0.377 e. The topological polar surface area (TPSA) is 124 Å². The number of rotatable bonds is 8. The second-order valence-corrected chi connectivity index (χ2v) is 8.45. The van der Waals surface area contributed by atoms with Crippen LogP contribution in [0.2, 0.25) is 0 Å². The standard InChI is InChI=1S/C10H24O7P2/c1-5-8(4)9(18(12,13)14)17-19(15,16)10(11,6-2)7-3/h8-9,11H,5-7H2,1-4H3,(H,15,16)(H2,12,13,14). The highest BCUT2D eigenvalue weighted by Gasteiger charge is 2.49. The van der Waals surface area contributed by atoms with Crippen LogP contribution in [0.25, 0.3) is 0 Å². The molecule has 4 N–H and O–H groups in total. The minimum absolute atomic E-state index is 0.0499. The maximum absolute atomic E-state index is 12.1. The van der Waals surface area contributed by atoms with Crippen LogP contribution in [0.1, 0.15) is 47.0 Å². The van der Waals surface area contributed by atoms with Gasteiger partial charge in [-0.05, 0) is 18.8 Å². The van der Waals surface area contributed by atoms with Gasteiger partial charge in [-0.25, -0.2) is 0 Å². The SMILES string of the molecule is CCC(C)C(OP(=O)(O)C(O)(CC)CC)P(=O)(O)O. The maximum Gasteiger partial charge on any atom is 0.360 e. The molecule has 3 unspecified atom stereocenters. The summed E-state index contributed by atoms with van der Waals surface area (Å²) < 4.78 is 28.3. The molecule has 19 heavy (non-hydrogen) atoms. The van der Waals surface area contributed by atoms with E-state index in [4.69, 9.17) is 4.52 Å². The van der Waals surface area contributed by atoms with Gasteiger partial charge in [0.05, 0.1) is 0 Å². The van der Waals surface area contributed by atoms with Gasteiger partial charge in [-0.15, -0.1) is 0 Å². The van der Waals surface area contributed by atoms with Crippen molar-refractivity contribution in [1.82, 2.24) is 0 Å². The summed E-state index contributed by atoms with van der Waals surface area (Å²) >= 11 is 0. The molecule has 7 nitrogen and oxygen atoms in total. The van der Waals surface area contributed by atoms with Crippen molar-refractivity contribution in [3.05, 3.63) is 0 Å². The summed E-state index contributed by atoms with van der Waals surface area (Å²) in [7, 11) is -9.27. The first-order valence-corrected chi connectivity index (χ1v) is 9.50. The predicted octanol–water partition coefficient (Wildman–Crippen LogP) is 2.25. The van der Waals surface area contributed by atoms with Crippen molar-refractivity contribution in [1.29, 1.82) is 0 Å². The molecular formula is C10H24O7P2. The fraction of sp³-hybridized carbons (Fsp3) is 1.00. The Balaban J connectivity index is 5.36. The summed E-state index contributed by atoms with van der Waals surface area (Å²) in [5, 5.41) is 8.04. The van der Waals surface area contributed by atoms with Crippen LogP contribution in [0.15, 0.2) is 0 Å². The van der Waals surface area contributed by atoms with Gasteiger partial charge in [-0.3, -0.25) is 13.7 Å². The molecule has 0 aromatic heterocycles. The van der Waals surface area contributed by atoms with Gasteiger partial charge in [0.1, 0.15) is 0 Å². The lowest BCUT2D eigenvalue weighted by atomic mass is 10.1. The monoisotopic (exact) mass is 318 g/mol. The summed E-state index contributed by atoms with van der Waals surface area (Å²) in [5.74, 6) is -2.31. The fourth-order valence-electron chi connectivity index (χ4n) is 1.59. The Hall–Kier alpha value is 0.260. The zero-order valence-corrected chi connectivity index (χ0v) is 13.5. The first kappa shape index (κ1) is 19.3. The van der Waals surface area contributed by atoms with E-state index in [0.29, 0.717) is 6.42 Å². The average Bonchev–Trinajstić information content (AvgIpc) is 2.32. The van der Waals surface area contributed by atoms with Crippen molar-refractivity contribution in [2.75, 3.05) is 0 Å². The Morgan fingerprint density at radius 1 is 1.11 bits per heavy atom. The lowest BCUT2D eigenvalue weighted by Gasteiger charge is -2.34. The van der Waals surface area contributed by atoms with Gasteiger partial charge in [0, 0.05) is 0 Å². The quantitative estimate of drug-likeness (QED) is 0.506. The summed E-state index contributed by atoms with van der Waals surface area (Å²) in [4.78, 5) is 28.3. The normalized spacial score (nSPS) is 19.8. The Morgan fingerprint density at radius 2 is 1.53 bits per heavy atom. The molecule has 9 heteroatoms. The van der Waals surface area contributed by atoms with Crippen LogP contribution in [0, 0.1) is 5.92 Å². The molecule has 0 aliphatic heterocycles. The molecule has 0 radical (unpaired) electrons. The second kappa shape index (κ2) is 6.81. The fourth-order valence-corrected chi connectivity index (χ4v) is 4.84. The van der Waals surface area contributed by atoms with E-state index in [0.717, 1.165) is 0 Å². The molecule has 0 amide bonds. The molecule has 0 aliphatic rings. The van der Waals surface area contributed by atoms with E-state index >= 15 is 0 Å². The molecule has 0 aliphatic carbocycles. The molecule has 0 saturated heterocycles. The van der Waals surface area contributed by atoms with Crippen molar-refractivity contribution in [3.8, 4) is 0 Å². The maximum atomic E-state index is 12.1. The van der Waals surface area contributed by atoms with Crippen LogP contribution in [0.3, 0.4) is 0 Å². The summed E-state index contributed by atoms with van der Waals surface area (Å²) in [5.41, 5.74) is 0. The molecule has 0 aromatic rings. The third-order valence-electron chi connectivity index (χ3n) is 3.37. The van der Waals surface area contributed by atoms with Crippen LogP contribution in [-0.4, -0.2) is 31.0 Å². The summed E-state index contributed by atoms with van der Waals surface area (Å²) in [6.07, 6.45) is 0.268. The Kier molecular flexibility index (Phi) is 6.90. The first-order chi connectivity index (χ1) is 8.45. The Bertz CT molecular complexity index is 374. The molecule has 3 atom stereocenters. The minimum Gasteiger partial charge on any atom is -0.377 e. The van der Waals surface area contributed by atoms with E-state index in [1.807, 2.05) is 0 Å². The molecule has 0 fully saturated rings. The lowest BCUT2D eigenvalue weighted by molar-refractivity contribution is 0.0556. The number of hydrogen-bond acceptors (Lipinski definition) is 4. The van der Waals surface area contributed by atoms with Crippen LogP contribution in [-0.2, 0) is 13.7 Å². The number of aliphatic hydroxyl groups is 1. The van der Waals surface area contributed by atoms with Crippen LogP contribution >= 0.6 is 15.2 Å². The highest BCUT2D eigenvalue weighted by Crippen LogP contribution is 2.62. The van der Waals surface area contributed by atoms with Crippen molar-refractivity contribution < 1.29 is 33.4 Å². The summed E-state index contributed by atoms with van der Waals surface area (Å²) in [6.45, 7) is 6.21. The van der Waals surface area contributed by atoms with Gasteiger partial charge in [-0.2, -0.15) is 0 Å². The van der Waals surface area contributed by atoms with Gasteiger partial charge in [0.2, 0.25) is 0 Å². The molecule has 0 spiro atoms. The Labute approximate surface area is 113 Å². The van der Waals surface area contributed by atoms with Crippen LogP contribution in [0.4, 0.5) is 0 Å². The van der Waals surface area contributed by atoms with Crippen LogP contribution in [0.5, 0.6) is 0 Å². The minimum atomic E-state index is -4.70.